The van der Waals surface area contributed by atoms with Crippen LogP contribution in [0.2, 0.25) is 0 Å². The second-order valence-corrected chi connectivity index (χ2v) is 3.77. The van der Waals surface area contributed by atoms with E-state index in [1.165, 1.54) is 4.90 Å². The van der Waals surface area contributed by atoms with Crippen LogP contribution < -0.4 is 5.32 Å². The van der Waals surface area contributed by atoms with Crippen LogP contribution in [0.5, 0.6) is 0 Å². The number of hydrogen-bond donors (Lipinski definition) is 1. The summed E-state index contributed by atoms with van der Waals surface area (Å²) < 4.78 is 18.4. The molecule has 88 valence electrons. The van der Waals surface area contributed by atoms with Crippen molar-refractivity contribution in [2.75, 3.05) is 33.3 Å². The monoisotopic (exact) mass is 218 g/mol. The Labute approximate surface area is 89.8 Å². The molecule has 0 aromatic rings. The first-order valence-electron chi connectivity index (χ1n) is 5.39. The number of carbonyl (C=O) groups excluding carboxylic acids is 1. The molecular formula is C10H19FN2O2. The van der Waals surface area contributed by atoms with Crippen molar-refractivity contribution in [3.8, 4) is 0 Å². The SMILES string of the molecule is CCOC(=O)N1CCC(CNC)C(F)C1. The van der Waals surface area contributed by atoms with Crippen molar-refractivity contribution < 1.29 is 13.9 Å². The highest BCUT2D eigenvalue weighted by Crippen LogP contribution is 2.20. The Morgan fingerprint density at radius 1 is 1.67 bits per heavy atom. The number of ether oxygens (including phenoxy) is 1. The molecular weight excluding hydrogens is 199 g/mol. The summed E-state index contributed by atoms with van der Waals surface area (Å²) >= 11 is 0. The smallest absolute Gasteiger partial charge is 0.409 e. The lowest BCUT2D eigenvalue weighted by Gasteiger charge is -2.33. The number of piperidine rings is 1. The van der Waals surface area contributed by atoms with Crippen LogP contribution in [-0.2, 0) is 4.74 Å². The van der Waals surface area contributed by atoms with Crippen molar-refractivity contribution >= 4 is 6.09 Å². The summed E-state index contributed by atoms with van der Waals surface area (Å²) in [6.45, 7) is 3.50. The van der Waals surface area contributed by atoms with Gasteiger partial charge in [0.15, 0.2) is 0 Å². The van der Waals surface area contributed by atoms with E-state index in [9.17, 15) is 9.18 Å². The lowest BCUT2D eigenvalue weighted by Crippen LogP contribution is -2.47. The van der Waals surface area contributed by atoms with Crippen molar-refractivity contribution in [3.63, 3.8) is 0 Å². The van der Waals surface area contributed by atoms with Gasteiger partial charge in [0, 0.05) is 19.0 Å². The molecule has 15 heavy (non-hydrogen) atoms. The molecule has 1 amide bonds. The summed E-state index contributed by atoms with van der Waals surface area (Å²) in [5, 5.41) is 2.96. The maximum absolute atomic E-state index is 13.6. The van der Waals surface area contributed by atoms with Crippen molar-refractivity contribution in [1.82, 2.24) is 10.2 Å². The highest BCUT2D eigenvalue weighted by Gasteiger charge is 2.31. The van der Waals surface area contributed by atoms with Gasteiger partial charge in [0.1, 0.15) is 6.17 Å². The molecule has 5 heteroatoms. The zero-order valence-corrected chi connectivity index (χ0v) is 9.33. The molecule has 1 fully saturated rings. The second-order valence-electron chi connectivity index (χ2n) is 3.77. The standard InChI is InChI=1S/C10H19FN2O2/c1-3-15-10(14)13-5-4-8(6-12-2)9(11)7-13/h8-9,12H,3-7H2,1-2H3. The molecule has 0 aromatic heterocycles. The van der Waals surface area contributed by atoms with Gasteiger partial charge in [-0.05, 0) is 20.4 Å². The summed E-state index contributed by atoms with van der Waals surface area (Å²) in [5.41, 5.74) is 0. The zero-order valence-electron chi connectivity index (χ0n) is 9.33. The van der Waals surface area contributed by atoms with Gasteiger partial charge >= 0.3 is 6.09 Å². The maximum atomic E-state index is 13.6. The predicted molar refractivity (Wildman–Crippen MR) is 55.5 cm³/mol. The number of hydrogen-bond acceptors (Lipinski definition) is 3. The molecule has 0 aliphatic carbocycles. The van der Waals surface area contributed by atoms with E-state index in [-0.39, 0.29) is 12.5 Å². The first kappa shape index (κ1) is 12.2. The number of carbonyl (C=O) groups is 1. The fraction of sp³-hybridized carbons (Fsp3) is 0.900. The van der Waals surface area contributed by atoms with E-state index in [2.05, 4.69) is 5.32 Å². The minimum Gasteiger partial charge on any atom is -0.450 e. The van der Waals surface area contributed by atoms with Gasteiger partial charge < -0.3 is 15.0 Å². The van der Waals surface area contributed by atoms with Crippen LogP contribution in [0.3, 0.4) is 0 Å². The molecule has 1 saturated heterocycles. The Balaban J connectivity index is 2.39. The summed E-state index contributed by atoms with van der Waals surface area (Å²) in [6.07, 6.45) is -0.653. The Hall–Kier alpha value is -0.840. The van der Waals surface area contributed by atoms with Crippen LogP contribution in [-0.4, -0.2) is 50.5 Å². The van der Waals surface area contributed by atoms with Crippen molar-refractivity contribution in [2.45, 2.75) is 19.5 Å². The summed E-state index contributed by atoms with van der Waals surface area (Å²) in [4.78, 5) is 12.8. The number of alkyl halides is 1. The van der Waals surface area contributed by atoms with Crippen LogP contribution in [0.1, 0.15) is 13.3 Å². The Morgan fingerprint density at radius 3 is 2.93 bits per heavy atom. The van der Waals surface area contributed by atoms with Crippen LogP contribution in [0.25, 0.3) is 0 Å². The highest BCUT2D eigenvalue weighted by molar-refractivity contribution is 5.67. The van der Waals surface area contributed by atoms with Crippen molar-refractivity contribution in [3.05, 3.63) is 0 Å². The number of amides is 1. The predicted octanol–water partition coefficient (Wildman–Crippen LogP) is 1.02. The largest absolute Gasteiger partial charge is 0.450 e. The first-order valence-corrected chi connectivity index (χ1v) is 5.39. The van der Waals surface area contributed by atoms with Crippen LogP contribution in [0.4, 0.5) is 9.18 Å². The lowest BCUT2D eigenvalue weighted by molar-refractivity contribution is 0.0581. The molecule has 0 bridgehead atoms. The molecule has 1 aliphatic heterocycles. The third-order valence-corrected chi connectivity index (χ3v) is 2.67. The minimum atomic E-state index is -0.949. The van der Waals surface area contributed by atoms with Gasteiger partial charge in [-0.15, -0.1) is 0 Å². The molecule has 0 aromatic carbocycles. The first-order chi connectivity index (χ1) is 7.19. The van der Waals surface area contributed by atoms with Crippen molar-refractivity contribution in [2.24, 2.45) is 5.92 Å². The number of likely N-dealkylation sites (tertiary alicyclic amines) is 1. The minimum absolute atomic E-state index is 0.0145. The van der Waals surface area contributed by atoms with E-state index >= 15 is 0 Å². The van der Waals surface area contributed by atoms with E-state index in [0.29, 0.717) is 26.1 Å². The number of nitrogens with zero attached hydrogens (tertiary/aromatic N) is 1. The van der Waals surface area contributed by atoms with E-state index in [1.807, 2.05) is 7.05 Å². The summed E-state index contributed by atoms with van der Waals surface area (Å²) in [7, 11) is 1.81. The molecule has 2 atom stereocenters. The quantitative estimate of drug-likeness (QED) is 0.769. The fourth-order valence-electron chi connectivity index (χ4n) is 1.83. The summed E-state index contributed by atoms with van der Waals surface area (Å²) in [5.74, 6) is 0.0145. The molecule has 4 nitrogen and oxygen atoms in total. The van der Waals surface area contributed by atoms with Crippen molar-refractivity contribution in [1.29, 1.82) is 0 Å². The Morgan fingerprint density at radius 2 is 2.40 bits per heavy atom. The molecule has 1 aliphatic rings. The lowest BCUT2D eigenvalue weighted by atomic mass is 9.95. The van der Waals surface area contributed by atoms with Crippen LogP contribution >= 0.6 is 0 Å². The van der Waals surface area contributed by atoms with E-state index in [4.69, 9.17) is 4.74 Å². The maximum Gasteiger partial charge on any atom is 0.409 e. The van der Waals surface area contributed by atoms with Gasteiger partial charge in [0.2, 0.25) is 0 Å². The molecule has 2 unspecified atom stereocenters. The zero-order chi connectivity index (χ0) is 11.3. The van der Waals surface area contributed by atoms with Crippen LogP contribution in [0.15, 0.2) is 0 Å². The fourth-order valence-corrected chi connectivity index (χ4v) is 1.83. The van der Waals surface area contributed by atoms with Gasteiger partial charge in [0.05, 0.1) is 13.2 Å². The molecule has 0 spiro atoms. The highest BCUT2D eigenvalue weighted by atomic mass is 19.1. The molecule has 0 saturated carbocycles. The average Bonchev–Trinajstić information content (AvgIpc) is 2.21. The molecule has 0 radical (unpaired) electrons. The third-order valence-electron chi connectivity index (χ3n) is 2.67. The van der Waals surface area contributed by atoms with Gasteiger partial charge in [-0.3, -0.25) is 0 Å². The van der Waals surface area contributed by atoms with Gasteiger partial charge in [-0.25, -0.2) is 9.18 Å². The van der Waals surface area contributed by atoms with Gasteiger partial charge in [-0.1, -0.05) is 0 Å². The Bertz CT molecular complexity index is 214. The van der Waals surface area contributed by atoms with E-state index < -0.39 is 12.3 Å². The number of rotatable bonds is 3. The van der Waals surface area contributed by atoms with Gasteiger partial charge in [0.25, 0.3) is 0 Å². The molecule has 1 rings (SSSR count). The van der Waals surface area contributed by atoms with E-state index in [0.717, 1.165) is 0 Å². The number of halogens is 1. The average molecular weight is 218 g/mol. The normalized spacial score (nSPS) is 26.5. The number of nitrogens with one attached hydrogen (secondary N) is 1. The van der Waals surface area contributed by atoms with E-state index in [1.54, 1.807) is 6.92 Å². The summed E-state index contributed by atoms with van der Waals surface area (Å²) in [6, 6.07) is 0. The second kappa shape index (κ2) is 5.90. The van der Waals surface area contributed by atoms with Gasteiger partial charge in [-0.2, -0.15) is 0 Å². The molecule has 1 N–H and O–H groups in total. The topological polar surface area (TPSA) is 41.6 Å². The molecule has 1 heterocycles. The third kappa shape index (κ3) is 3.34. The van der Waals surface area contributed by atoms with Crippen LogP contribution in [0, 0.1) is 5.92 Å². The Kier molecular flexibility index (Phi) is 4.81.